The van der Waals surface area contributed by atoms with E-state index in [-0.39, 0.29) is 12.0 Å². The lowest BCUT2D eigenvalue weighted by Gasteiger charge is -2.25. The lowest BCUT2D eigenvalue weighted by atomic mass is 9.99. The van der Waals surface area contributed by atoms with E-state index < -0.39 is 0 Å². The molecular formula is C20H19N3O2. The van der Waals surface area contributed by atoms with Gasteiger partial charge >= 0.3 is 0 Å². The molecule has 1 aliphatic heterocycles. The summed E-state index contributed by atoms with van der Waals surface area (Å²) < 4.78 is 7.58. The molecule has 3 aromatic rings. The van der Waals surface area contributed by atoms with E-state index in [1.807, 2.05) is 42.6 Å². The van der Waals surface area contributed by atoms with Gasteiger partial charge in [0.1, 0.15) is 0 Å². The lowest BCUT2D eigenvalue weighted by molar-refractivity contribution is 0.0285. The zero-order chi connectivity index (χ0) is 17.1. The number of rotatable bonds is 4. The molecule has 0 aliphatic carbocycles. The zero-order valence-electron chi connectivity index (χ0n) is 13.8. The number of benzene rings is 2. The van der Waals surface area contributed by atoms with Gasteiger partial charge in [0, 0.05) is 30.9 Å². The number of fused-ring (bicyclic) bond motifs is 1. The van der Waals surface area contributed by atoms with Crippen LogP contribution in [0.2, 0.25) is 0 Å². The minimum absolute atomic E-state index is 0.00754. The molecule has 0 saturated heterocycles. The fourth-order valence-corrected chi connectivity index (χ4v) is 3.06. The molecule has 1 amide bonds. The normalized spacial score (nSPS) is 16.2. The Hall–Kier alpha value is -2.92. The van der Waals surface area contributed by atoms with Gasteiger partial charge in [-0.15, -0.1) is 0 Å². The standard InChI is InChI=1S/C20H19N3O2/c24-20(16-7-3-8-18(11-16)23-10-4-9-22-23)21-13-19-12-15-5-1-2-6-17(15)14-25-19/h1-11,19H,12-14H2,(H,21,24). The molecule has 25 heavy (non-hydrogen) atoms. The summed E-state index contributed by atoms with van der Waals surface area (Å²) in [6, 6.07) is 17.6. The number of nitrogens with zero attached hydrogens (tertiary/aromatic N) is 2. The molecule has 5 heteroatoms. The van der Waals surface area contributed by atoms with Gasteiger partial charge in [-0.1, -0.05) is 30.3 Å². The fraction of sp³-hybridized carbons (Fsp3) is 0.200. The van der Waals surface area contributed by atoms with Crippen molar-refractivity contribution >= 4 is 5.91 Å². The topological polar surface area (TPSA) is 56.1 Å². The molecule has 1 unspecified atom stereocenters. The third-order valence-corrected chi connectivity index (χ3v) is 4.41. The van der Waals surface area contributed by atoms with Crippen molar-refractivity contribution < 1.29 is 9.53 Å². The highest BCUT2D eigenvalue weighted by Gasteiger charge is 2.19. The van der Waals surface area contributed by atoms with E-state index >= 15 is 0 Å². The number of carbonyl (C=O) groups excluding carboxylic acids is 1. The summed E-state index contributed by atoms with van der Waals surface area (Å²) in [5, 5.41) is 7.17. The van der Waals surface area contributed by atoms with Crippen LogP contribution in [0.25, 0.3) is 5.69 Å². The second kappa shape index (κ2) is 6.91. The number of aromatic nitrogens is 2. The minimum Gasteiger partial charge on any atom is -0.371 e. The number of hydrogen-bond donors (Lipinski definition) is 1. The second-order valence-corrected chi connectivity index (χ2v) is 6.12. The van der Waals surface area contributed by atoms with E-state index in [1.54, 1.807) is 16.9 Å². The van der Waals surface area contributed by atoms with Crippen LogP contribution in [0.4, 0.5) is 0 Å². The third-order valence-electron chi connectivity index (χ3n) is 4.41. The molecular weight excluding hydrogens is 314 g/mol. The van der Waals surface area contributed by atoms with Crippen molar-refractivity contribution in [3.63, 3.8) is 0 Å². The molecule has 1 aromatic heterocycles. The van der Waals surface area contributed by atoms with Crippen LogP contribution < -0.4 is 5.32 Å². The van der Waals surface area contributed by atoms with Crippen molar-refractivity contribution in [1.29, 1.82) is 0 Å². The molecule has 1 aliphatic rings. The van der Waals surface area contributed by atoms with Gasteiger partial charge in [0.25, 0.3) is 5.91 Å². The molecule has 4 rings (SSSR count). The van der Waals surface area contributed by atoms with Crippen molar-refractivity contribution in [2.45, 2.75) is 19.1 Å². The van der Waals surface area contributed by atoms with Crippen LogP contribution in [-0.4, -0.2) is 28.3 Å². The first kappa shape index (κ1) is 15.6. The molecule has 2 aromatic carbocycles. The van der Waals surface area contributed by atoms with Gasteiger partial charge in [-0.25, -0.2) is 4.68 Å². The molecule has 1 atom stereocenters. The number of ether oxygens (including phenoxy) is 1. The summed E-state index contributed by atoms with van der Waals surface area (Å²) >= 11 is 0. The molecule has 0 radical (unpaired) electrons. The minimum atomic E-state index is -0.100. The maximum Gasteiger partial charge on any atom is 0.251 e. The van der Waals surface area contributed by atoms with Crippen LogP contribution in [0.1, 0.15) is 21.5 Å². The highest BCUT2D eigenvalue weighted by molar-refractivity contribution is 5.94. The first-order valence-electron chi connectivity index (χ1n) is 8.36. The van der Waals surface area contributed by atoms with E-state index in [9.17, 15) is 4.79 Å². The maximum atomic E-state index is 12.5. The predicted molar refractivity (Wildman–Crippen MR) is 94.6 cm³/mol. The molecule has 0 fully saturated rings. The summed E-state index contributed by atoms with van der Waals surface area (Å²) in [6.45, 7) is 1.10. The summed E-state index contributed by atoms with van der Waals surface area (Å²) in [5.74, 6) is -0.100. The Balaban J connectivity index is 1.39. The first-order chi connectivity index (χ1) is 12.3. The zero-order valence-corrected chi connectivity index (χ0v) is 13.8. The summed E-state index contributed by atoms with van der Waals surface area (Å²) in [4.78, 5) is 12.5. The smallest absolute Gasteiger partial charge is 0.251 e. The lowest BCUT2D eigenvalue weighted by Crippen LogP contribution is -2.36. The molecule has 0 saturated carbocycles. The molecule has 0 spiro atoms. The van der Waals surface area contributed by atoms with Crippen LogP contribution >= 0.6 is 0 Å². The van der Waals surface area contributed by atoms with E-state index in [0.717, 1.165) is 12.1 Å². The largest absolute Gasteiger partial charge is 0.371 e. The quantitative estimate of drug-likeness (QED) is 0.799. The summed E-state index contributed by atoms with van der Waals surface area (Å²) in [5.41, 5.74) is 4.01. The third kappa shape index (κ3) is 3.46. The van der Waals surface area contributed by atoms with Gasteiger partial charge in [0.05, 0.1) is 18.4 Å². The number of nitrogens with one attached hydrogen (secondary N) is 1. The van der Waals surface area contributed by atoms with Gasteiger partial charge < -0.3 is 10.1 Å². The predicted octanol–water partition coefficient (Wildman–Crippen LogP) is 2.74. The Labute approximate surface area is 146 Å². The number of amides is 1. The SMILES string of the molecule is O=C(NCC1Cc2ccccc2CO1)c1cccc(-n2cccn2)c1. The number of hydrogen-bond acceptors (Lipinski definition) is 3. The molecule has 1 N–H and O–H groups in total. The van der Waals surface area contributed by atoms with E-state index in [4.69, 9.17) is 4.74 Å². The molecule has 5 nitrogen and oxygen atoms in total. The Kier molecular flexibility index (Phi) is 4.31. The summed E-state index contributed by atoms with van der Waals surface area (Å²) in [7, 11) is 0. The highest BCUT2D eigenvalue weighted by atomic mass is 16.5. The molecule has 0 bridgehead atoms. The van der Waals surface area contributed by atoms with Crippen LogP contribution in [0.15, 0.2) is 67.0 Å². The maximum absolute atomic E-state index is 12.5. The van der Waals surface area contributed by atoms with E-state index in [1.165, 1.54) is 11.1 Å². The Bertz CT molecular complexity index is 874. The van der Waals surface area contributed by atoms with Crippen LogP contribution in [0.5, 0.6) is 0 Å². The molecule has 126 valence electrons. The van der Waals surface area contributed by atoms with Crippen molar-refractivity contribution in [3.05, 3.63) is 83.7 Å². The van der Waals surface area contributed by atoms with E-state index in [0.29, 0.717) is 18.7 Å². The molecule has 2 heterocycles. The monoisotopic (exact) mass is 333 g/mol. The average molecular weight is 333 g/mol. The fourth-order valence-electron chi connectivity index (χ4n) is 3.06. The van der Waals surface area contributed by atoms with Crippen molar-refractivity contribution in [2.24, 2.45) is 0 Å². The highest BCUT2D eigenvalue weighted by Crippen LogP contribution is 2.20. The average Bonchev–Trinajstić information content (AvgIpc) is 3.21. The number of carbonyl (C=O) groups is 1. The Morgan fingerprint density at radius 1 is 1.16 bits per heavy atom. The van der Waals surface area contributed by atoms with Gasteiger partial charge in [0.15, 0.2) is 0 Å². The Morgan fingerprint density at radius 3 is 2.88 bits per heavy atom. The van der Waals surface area contributed by atoms with Gasteiger partial charge in [-0.2, -0.15) is 5.10 Å². The van der Waals surface area contributed by atoms with Gasteiger partial charge in [-0.3, -0.25) is 4.79 Å². The van der Waals surface area contributed by atoms with Crippen molar-refractivity contribution in [2.75, 3.05) is 6.54 Å². The van der Waals surface area contributed by atoms with Gasteiger partial charge in [-0.05, 0) is 35.4 Å². The van der Waals surface area contributed by atoms with Crippen LogP contribution in [-0.2, 0) is 17.8 Å². The van der Waals surface area contributed by atoms with Crippen LogP contribution in [0, 0.1) is 0 Å². The summed E-state index contributed by atoms with van der Waals surface area (Å²) in [6.07, 6.45) is 4.40. The first-order valence-corrected chi connectivity index (χ1v) is 8.36. The Morgan fingerprint density at radius 2 is 2.04 bits per heavy atom. The van der Waals surface area contributed by atoms with Crippen molar-refractivity contribution in [1.82, 2.24) is 15.1 Å². The second-order valence-electron chi connectivity index (χ2n) is 6.12. The van der Waals surface area contributed by atoms with Crippen molar-refractivity contribution in [3.8, 4) is 5.69 Å². The van der Waals surface area contributed by atoms with Gasteiger partial charge in [0.2, 0.25) is 0 Å². The van der Waals surface area contributed by atoms with E-state index in [2.05, 4.69) is 22.5 Å². The van der Waals surface area contributed by atoms with Crippen LogP contribution in [0.3, 0.4) is 0 Å².